The number of fused-ring (bicyclic) bond motifs is 9. The molecule has 0 aliphatic carbocycles. The molecule has 2 aliphatic heterocycles. The Bertz CT molecular complexity index is 4100. The van der Waals surface area contributed by atoms with Gasteiger partial charge in [0.15, 0.2) is 0 Å². The second kappa shape index (κ2) is 19.6. The van der Waals surface area contributed by atoms with Crippen molar-refractivity contribution in [1.82, 2.24) is 14.1 Å². The van der Waals surface area contributed by atoms with E-state index in [1.165, 1.54) is 55.9 Å². The van der Waals surface area contributed by atoms with Gasteiger partial charge in [-0.2, -0.15) is 0 Å². The summed E-state index contributed by atoms with van der Waals surface area (Å²) in [5, 5.41) is 0. The molecule has 0 unspecified atom stereocenters. The van der Waals surface area contributed by atoms with Crippen LogP contribution in [0.2, 0.25) is 0 Å². The number of hydrogen-bond donors (Lipinski definition) is 0. The van der Waals surface area contributed by atoms with Gasteiger partial charge in [-0.3, -0.25) is 0 Å². The SMILES string of the molecule is CC(C)(C)c1cc(-n2[c](=[Pt])n(-c3cccc(Oc4ccc5c(c4)N(c4cc(C(C)(C)C)ccn4)c4ccccc4C54c5ccc(C(C)(C)C)cc5N(c5ccccc5)c5cc(C(C)(C)C)ccc54)c3)c3ccccc32)cc(C(C)(C)C)c1. The second-order valence-corrected chi connectivity index (χ2v) is 28.9. The van der Waals surface area contributed by atoms with E-state index < -0.39 is 5.41 Å². The Balaban J connectivity index is 1.08. The molecule has 0 atom stereocenters. The molecular formula is C75H77N5OPt. The number of benzene rings is 8. The van der Waals surface area contributed by atoms with Gasteiger partial charge in [0.25, 0.3) is 0 Å². The van der Waals surface area contributed by atoms with Gasteiger partial charge in [-0.25, -0.2) is 0 Å². The maximum atomic E-state index is 7.22. The first kappa shape index (κ1) is 55.0. The van der Waals surface area contributed by atoms with Crippen molar-refractivity contribution in [3.05, 3.63) is 248 Å². The fraction of sp³-hybridized carbons (Fsp3) is 0.280. The number of para-hydroxylation sites is 4. The Kier molecular flexibility index (Phi) is 13.1. The Morgan fingerprint density at radius 1 is 0.354 bits per heavy atom. The van der Waals surface area contributed by atoms with Crippen LogP contribution in [0.1, 0.15) is 154 Å². The Morgan fingerprint density at radius 3 is 1.39 bits per heavy atom. The number of hydrogen-bond acceptors (Lipinski definition) is 4. The van der Waals surface area contributed by atoms with Gasteiger partial charge in [0.05, 0.1) is 11.4 Å². The molecule has 10 aromatic rings. The maximum absolute atomic E-state index is 7.22. The molecule has 0 amide bonds. The fourth-order valence-electron chi connectivity index (χ4n) is 12.3. The first-order valence-electron chi connectivity index (χ1n) is 29.0. The van der Waals surface area contributed by atoms with Crippen molar-refractivity contribution in [3.8, 4) is 22.9 Å². The zero-order chi connectivity index (χ0) is 58.1. The molecule has 0 N–H and O–H groups in total. The first-order valence-corrected chi connectivity index (χ1v) is 30.1. The van der Waals surface area contributed by atoms with Crippen molar-refractivity contribution in [2.75, 3.05) is 9.80 Å². The Labute approximate surface area is 497 Å². The van der Waals surface area contributed by atoms with Gasteiger partial charge in [0.1, 0.15) is 0 Å². The molecule has 0 saturated heterocycles. The van der Waals surface area contributed by atoms with E-state index in [9.17, 15) is 0 Å². The third-order valence-corrected chi connectivity index (χ3v) is 18.0. The zero-order valence-electron chi connectivity index (χ0n) is 50.4. The number of ether oxygens (including phenoxy) is 1. The average molecular weight is 1260 g/mol. The molecule has 8 aromatic carbocycles. The number of rotatable bonds is 6. The van der Waals surface area contributed by atoms with E-state index in [2.05, 4.69) is 330 Å². The molecule has 0 saturated carbocycles. The minimum atomic E-state index is -0.771. The van der Waals surface area contributed by atoms with E-state index in [1.807, 2.05) is 6.20 Å². The summed E-state index contributed by atoms with van der Waals surface area (Å²) in [7, 11) is 0. The number of nitrogens with zero attached hydrogens (tertiary/aromatic N) is 5. The van der Waals surface area contributed by atoms with Crippen LogP contribution in [-0.2, 0) is 51.8 Å². The van der Waals surface area contributed by atoms with Crippen molar-refractivity contribution in [2.45, 2.75) is 136 Å². The van der Waals surface area contributed by atoms with E-state index in [-0.39, 0.29) is 27.1 Å². The molecule has 2 aromatic heterocycles. The van der Waals surface area contributed by atoms with Crippen molar-refractivity contribution >= 4 is 45.3 Å². The van der Waals surface area contributed by atoms with E-state index in [4.69, 9.17) is 9.72 Å². The van der Waals surface area contributed by atoms with Gasteiger partial charge in [-0.1, -0.05) is 123 Å². The number of aromatic nitrogens is 3. The average Bonchev–Trinajstić information content (AvgIpc) is 0.821. The van der Waals surface area contributed by atoms with Crippen LogP contribution >= 0.6 is 0 Å². The van der Waals surface area contributed by atoms with Crippen LogP contribution in [-0.4, -0.2) is 14.1 Å². The van der Waals surface area contributed by atoms with Crippen molar-refractivity contribution in [2.24, 2.45) is 0 Å². The van der Waals surface area contributed by atoms with E-state index in [1.54, 1.807) is 0 Å². The van der Waals surface area contributed by atoms with Crippen LogP contribution in [0.5, 0.6) is 11.5 Å². The van der Waals surface area contributed by atoms with Crippen LogP contribution in [0.3, 0.4) is 0 Å². The first-order chi connectivity index (χ1) is 38.7. The summed E-state index contributed by atoms with van der Waals surface area (Å²) in [5.74, 6) is 2.32. The molecule has 82 heavy (non-hydrogen) atoms. The summed E-state index contributed by atoms with van der Waals surface area (Å²) in [5.41, 5.74) is 20.0. The molecular weight excluding hydrogens is 1180 g/mol. The molecule has 2 aliphatic rings. The summed E-state index contributed by atoms with van der Waals surface area (Å²) in [6.45, 7) is 34.6. The van der Waals surface area contributed by atoms with Crippen LogP contribution in [0.4, 0.5) is 34.3 Å². The van der Waals surface area contributed by atoms with Crippen LogP contribution < -0.4 is 14.5 Å². The topological polar surface area (TPSA) is 38.5 Å². The van der Waals surface area contributed by atoms with Crippen molar-refractivity contribution in [1.29, 1.82) is 0 Å². The summed E-state index contributed by atoms with van der Waals surface area (Å²) < 4.78 is 13.1. The fourth-order valence-corrected chi connectivity index (χ4v) is 13.5. The van der Waals surface area contributed by atoms with E-state index in [0.717, 1.165) is 66.2 Å². The van der Waals surface area contributed by atoms with Gasteiger partial charge >= 0.3 is 286 Å². The van der Waals surface area contributed by atoms with Crippen LogP contribution in [0.25, 0.3) is 22.4 Å². The third-order valence-electron chi connectivity index (χ3n) is 17.0. The number of anilines is 6. The minimum absolute atomic E-state index is 0.0296. The predicted molar refractivity (Wildman–Crippen MR) is 338 cm³/mol. The normalized spacial score (nSPS) is 14.2. The molecule has 1 spiro atoms. The molecule has 0 fully saturated rings. The predicted octanol–water partition coefficient (Wildman–Crippen LogP) is 20.1. The van der Waals surface area contributed by atoms with Gasteiger partial charge in [0.2, 0.25) is 0 Å². The van der Waals surface area contributed by atoms with Crippen LogP contribution in [0, 0.1) is 3.80 Å². The Hall–Kier alpha value is -7.53. The third kappa shape index (κ3) is 9.30. The number of imidazole rings is 1. The van der Waals surface area contributed by atoms with E-state index in [0.29, 0.717) is 0 Å². The van der Waals surface area contributed by atoms with Crippen LogP contribution in [0.15, 0.2) is 194 Å². The second-order valence-electron chi connectivity index (χ2n) is 27.8. The summed E-state index contributed by atoms with van der Waals surface area (Å²) in [6, 6.07) is 70.2. The zero-order valence-corrected chi connectivity index (χ0v) is 52.7. The Morgan fingerprint density at radius 2 is 0.817 bits per heavy atom. The molecule has 0 bridgehead atoms. The quantitative estimate of drug-likeness (QED) is 0.166. The monoisotopic (exact) mass is 1260 g/mol. The summed E-state index contributed by atoms with van der Waals surface area (Å²) >= 11 is 2.52. The van der Waals surface area contributed by atoms with E-state index >= 15 is 0 Å². The summed E-state index contributed by atoms with van der Waals surface area (Å²) in [6.07, 6.45) is 1.97. The van der Waals surface area contributed by atoms with Gasteiger partial charge in [-0.15, -0.1) is 0 Å². The number of pyridine rings is 1. The molecule has 418 valence electrons. The molecule has 12 rings (SSSR count). The molecule has 7 heteroatoms. The summed E-state index contributed by atoms with van der Waals surface area (Å²) in [4.78, 5) is 10.2. The standard InChI is InChI=1S/C75H77N5O.Pt/c1-70(2,3)49-32-35-60-66(43-49)79(54-24-17-16-18-25-54)67-44-50(71(4,5)6)33-36-61(67)75(60)59-28-19-20-29-63(59)80(69-45-51(38-39-76-69)72(7,8)9)68-47-58(34-37-62(68)75)81-57-27-23-26-55(46-57)77-48-78(65-31-22-21-30-64(65)77)56-41-52(73(10,11)12)40-53(42-56)74(13,14)15;/h16-47H,1-15H3;. The molecule has 6 nitrogen and oxygen atoms in total. The van der Waals surface area contributed by atoms with Crippen molar-refractivity contribution in [3.63, 3.8) is 0 Å². The van der Waals surface area contributed by atoms with Gasteiger partial charge in [-0.05, 0) is 63.3 Å². The van der Waals surface area contributed by atoms with Gasteiger partial charge in [0, 0.05) is 11.9 Å². The van der Waals surface area contributed by atoms with Crippen molar-refractivity contribution < 1.29 is 24.1 Å². The van der Waals surface area contributed by atoms with Gasteiger partial charge < -0.3 is 4.90 Å². The molecule has 4 heterocycles. The molecule has 0 radical (unpaired) electrons.